The van der Waals surface area contributed by atoms with Gasteiger partial charge in [0.15, 0.2) is 0 Å². The Hall–Kier alpha value is -1.11. The maximum Gasteiger partial charge on any atom is 0.263 e. The van der Waals surface area contributed by atoms with E-state index in [-0.39, 0.29) is 11.9 Å². The maximum absolute atomic E-state index is 12.4. The highest BCUT2D eigenvalue weighted by Gasteiger charge is 2.19. The molecule has 2 rings (SSSR count). The van der Waals surface area contributed by atoms with Gasteiger partial charge < -0.3 is 15.8 Å². The number of methoxy groups -OCH3 is 1. The summed E-state index contributed by atoms with van der Waals surface area (Å²) in [4.78, 5) is 13.0. The Morgan fingerprint density at radius 1 is 1.52 bits per heavy atom. The zero-order valence-electron chi connectivity index (χ0n) is 12.1. The van der Waals surface area contributed by atoms with Crippen LogP contribution in [0.15, 0.2) is 22.7 Å². The van der Waals surface area contributed by atoms with Crippen LogP contribution in [-0.2, 0) is 4.74 Å². The second-order valence-electron chi connectivity index (χ2n) is 4.90. The summed E-state index contributed by atoms with van der Waals surface area (Å²) in [6, 6.07) is 5.88. The molecule has 3 N–H and O–H groups in total. The van der Waals surface area contributed by atoms with Gasteiger partial charge >= 0.3 is 0 Å². The maximum atomic E-state index is 12.4. The van der Waals surface area contributed by atoms with Gasteiger partial charge in [-0.25, -0.2) is 0 Å². The average Bonchev–Trinajstić information content (AvgIpc) is 2.77. The number of halogens is 1. The number of hydrogen-bond donors (Lipinski definition) is 2. The van der Waals surface area contributed by atoms with Crippen molar-refractivity contribution in [1.29, 1.82) is 0 Å². The van der Waals surface area contributed by atoms with E-state index in [1.807, 2.05) is 18.2 Å². The van der Waals surface area contributed by atoms with Crippen molar-refractivity contribution in [3.8, 4) is 0 Å². The molecule has 0 aliphatic rings. The minimum atomic E-state index is -0.125. The Morgan fingerprint density at radius 2 is 2.29 bits per heavy atom. The van der Waals surface area contributed by atoms with Gasteiger partial charge in [-0.2, -0.15) is 0 Å². The lowest BCUT2D eigenvalue weighted by molar-refractivity contribution is 0.0896. The number of benzene rings is 1. The highest BCUT2D eigenvalue weighted by Crippen LogP contribution is 2.35. The van der Waals surface area contributed by atoms with Crippen molar-refractivity contribution in [1.82, 2.24) is 5.32 Å². The number of anilines is 1. The van der Waals surface area contributed by atoms with Gasteiger partial charge in [0.2, 0.25) is 0 Å². The summed E-state index contributed by atoms with van der Waals surface area (Å²) in [5, 5.41) is 3.92. The van der Waals surface area contributed by atoms with E-state index in [9.17, 15) is 4.79 Å². The van der Waals surface area contributed by atoms with Gasteiger partial charge in [-0.3, -0.25) is 4.79 Å². The predicted molar refractivity (Wildman–Crippen MR) is 92.0 cm³/mol. The second kappa shape index (κ2) is 7.24. The number of amides is 1. The summed E-state index contributed by atoms with van der Waals surface area (Å²) in [7, 11) is 1.64. The fourth-order valence-electron chi connectivity index (χ4n) is 2.26. The van der Waals surface area contributed by atoms with Crippen molar-refractivity contribution >= 4 is 48.9 Å². The average molecular weight is 371 g/mol. The lowest BCUT2D eigenvalue weighted by Crippen LogP contribution is -2.37. The molecule has 0 aliphatic heterocycles. The van der Waals surface area contributed by atoms with Gasteiger partial charge in [-0.1, -0.05) is 29.3 Å². The molecular formula is C15H19BrN2O2S. The van der Waals surface area contributed by atoms with Gasteiger partial charge in [0, 0.05) is 21.7 Å². The number of rotatable bonds is 6. The van der Waals surface area contributed by atoms with Crippen molar-refractivity contribution in [3.63, 3.8) is 0 Å². The van der Waals surface area contributed by atoms with Crippen molar-refractivity contribution < 1.29 is 9.53 Å². The first-order valence-corrected chi connectivity index (χ1v) is 8.45. The minimum Gasteiger partial charge on any atom is -0.397 e. The van der Waals surface area contributed by atoms with E-state index in [4.69, 9.17) is 10.5 Å². The molecule has 0 spiro atoms. The fraction of sp³-hybridized carbons (Fsp3) is 0.400. The van der Waals surface area contributed by atoms with Crippen LogP contribution in [0.2, 0.25) is 0 Å². The summed E-state index contributed by atoms with van der Waals surface area (Å²) in [6.45, 7) is 2.59. The fourth-order valence-corrected chi connectivity index (χ4v) is 3.62. The summed E-state index contributed by atoms with van der Waals surface area (Å²) in [6.07, 6.45) is 1.87. The number of carbonyl (C=O) groups excluding carboxylic acids is 1. The standard InChI is InChI=1S/C15H19BrN2O2S/c1-3-4-10(8-20-2)18-15(19)14-13(17)11-7-9(16)5-6-12(11)21-14/h5-7,10H,3-4,8,17H2,1-2H3,(H,18,19). The second-order valence-corrected chi connectivity index (χ2v) is 6.87. The molecule has 1 aromatic heterocycles. The summed E-state index contributed by atoms with van der Waals surface area (Å²) in [5.74, 6) is -0.125. The SMILES string of the molecule is CCCC(COC)NC(=O)c1sc2ccc(Br)cc2c1N. The quantitative estimate of drug-likeness (QED) is 0.812. The normalized spacial score (nSPS) is 12.5. The molecule has 21 heavy (non-hydrogen) atoms. The molecule has 4 nitrogen and oxygen atoms in total. The lowest BCUT2D eigenvalue weighted by atomic mass is 10.1. The van der Waals surface area contributed by atoms with Crippen LogP contribution >= 0.6 is 27.3 Å². The van der Waals surface area contributed by atoms with Crippen LogP contribution in [0, 0.1) is 0 Å². The van der Waals surface area contributed by atoms with Crippen LogP contribution in [0.5, 0.6) is 0 Å². The largest absolute Gasteiger partial charge is 0.397 e. The molecule has 0 bridgehead atoms. The van der Waals surface area contributed by atoms with E-state index in [0.29, 0.717) is 17.2 Å². The Bertz CT molecular complexity index is 636. The monoisotopic (exact) mass is 370 g/mol. The molecule has 0 saturated carbocycles. The third-order valence-electron chi connectivity index (χ3n) is 3.23. The summed E-state index contributed by atoms with van der Waals surface area (Å²) >= 11 is 4.85. The summed E-state index contributed by atoms with van der Waals surface area (Å²) in [5.41, 5.74) is 6.67. The zero-order valence-corrected chi connectivity index (χ0v) is 14.5. The van der Waals surface area contributed by atoms with Crippen LogP contribution in [0.3, 0.4) is 0 Å². The number of nitrogen functional groups attached to an aromatic ring is 1. The third-order valence-corrected chi connectivity index (χ3v) is 4.91. The van der Waals surface area contributed by atoms with Crippen molar-refractivity contribution in [3.05, 3.63) is 27.5 Å². The first kappa shape index (κ1) is 16.3. The molecular weight excluding hydrogens is 352 g/mol. The van der Waals surface area contributed by atoms with Crippen LogP contribution in [-0.4, -0.2) is 25.7 Å². The molecule has 1 amide bonds. The molecule has 6 heteroatoms. The van der Waals surface area contributed by atoms with Crippen molar-refractivity contribution in [2.45, 2.75) is 25.8 Å². The van der Waals surface area contributed by atoms with E-state index in [0.717, 1.165) is 27.4 Å². The molecule has 0 fully saturated rings. The Balaban J connectivity index is 2.24. The minimum absolute atomic E-state index is 0.0175. The number of nitrogens with two attached hydrogens (primary N) is 1. The van der Waals surface area contributed by atoms with Gasteiger partial charge in [-0.05, 0) is 24.6 Å². The molecule has 114 valence electrons. The van der Waals surface area contributed by atoms with Gasteiger partial charge in [0.25, 0.3) is 5.91 Å². The Morgan fingerprint density at radius 3 is 2.95 bits per heavy atom. The highest BCUT2D eigenvalue weighted by atomic mass is 79.9. The Labute approximate surface area is 136 Å². The van der Waals surface area contributed by atoms with Crippen molar-refractivity contribution in [2.75, 3.05) is 19.5 Å². The van der Waals surface area contributed by atoms with E-state index in [1.165, 1.54) is 11.3 Å². The van der Waals surface area contributed by atoms with Gasteiger partial charge in [0.1, 0.15) is 4.88 Å². The van der Waals surface area contributed by atoms with Gasteiger partial charge in [0.05, 0.1) is 18.3 Å². The first-order valence-electron chi connectivity index (χ1n) is 6.84. The zero-order chi connectivity index (χ0) is 15.4. The van der Waals surface area contributed by atoms with Gasteiger partial charge in [-0.15, -0.1) is 11.3 Å². The third kappa shape index (κ3) is 3.75. The van der Waals surface area contributed by atoms with Crippen LogP contribution in [0.4, 0.5) is 5.69 Å². The molecule has 1 heterocycles. The van der Waals surface area contributed by atoms with Crippen LogP contribution in [0.25, 0.3) is 10.1 Å². The molecule has 1 aromatic carbocycles. The number of carbonyl (C=O) groups is 1. The molecule has 0 radical (unpaired) electrons. The number of thiophene rings is 1. The van der Waals surface area contributed by atoms with E-state index in [1.54, 1.807) is 7.11 Å². The molecule has 2 aromatic rings. The molecule has 0 aliphatic carbocycles. The van der Waals surface area contributed by atoms with Crippen LogP contribution < -0.4 is 11.1 Å². The number of ether oxygens (including phenoxy) is 1. The van der Waals surface area contributed by atoms with E-state index < -0.39 is 0 Å². The number of hydrogen-bond acceptors (Lipinski definition) is 4. The van der Waals surface area contributed by atoms with E-state index in [2.05, 4.69) is 28.2 Å². The highest BCUT2D eigenvalue weighted by molar-refractivity contribution is 9.10. The predicted octanol–water partition coefficient (Wildman–Crippen LogP) is 3.79. The van der Waals surface area contributed by atoms with E-state index >= 15 is 0 Å². The Kier molecular flexibility index (Phi) is 5.61. The molecule has 0 saturated heterocycles. The topological polar surface area (TPSA) is 64.3 Å². The summed E-state index contributed by atoms with van der Waals surface area (Å²) < 4.78 is 7.12. The van der Waals surface area contributed by atoms with Crippen LogP contribution in [0.1, 0.15) is 29.4 Å². The smallest absolute Gasteiger partial charge is 0.263 e. The molecule has 1 atom stereocenters. The first-order chi connectivity index (χ1) is 10.1. The number of nitrogens with one attached hydrogen (secondary N) is 1. The lowest BCUT2D eigenvalue weighted by Gasteiger charge is -2.16. The van der Waals surface area contributed by atoms with Crippen molar-refractivity contribution in [2.24, 2.45) is 0 Å². The molecule has 1 unspecified atom stereocenters. The number of fused-ring (bicyclic) bond motifs is 1.